The first-order valence-corrected chi connectivity index (χ1v) is 10.4. The molecule has 3 aromatic rings. The van der Waals surface area contributed by atoms with Crippen LogP contribution in [0.25, 0.3) is 0 Å². The van der Waals surface area contributed by atoms with E-state index in [1.165, 1.54) is 38.5 Å². The smallest absolute Gasteiger partial charge is 0.410 e. The number of ether oxygens (including phenoxy) is 2. The minimum absolute atomic E-state index is 0.0930. The number of hydrogen-bond acceptors (Lipinski definition) is 6. The number of carbonyl (C=O) groups excluding carboxylic acids is 1. The molecule has 0 saturated carbocycles. The molecule has 0 bridgehead atoms. The van der Waals surface area contributed by atoms with E-state index in [2.05, 4.69) is 15.7 Å². The van der Waals surface area contributed by atoms with Crippen LogP contribution >= 0.6 is 11.6 Å². The molecule has 12 heteroatoms. The summed E-state index contributed by atoms with van der Waals surface area (Å²) in [5, 5.41) is 18.7. The topological polar surface area (TPSA) is 97.6 Å². The van der Waals surface area contributed by atoms with Gasteiger partial charge >= 0.3 is 6.18 Å². The Labute approximate surface area is 197 Å². The Balaban J connectivity index is 1.71. The van der Waals surface area contributed by atoms with Crippen molar-refractivity contribution >= 4 is 29.0 Å². The molecule has 0 saturated heterocycles. The molecule has 8 nitrogen and oxygen atoms in total. The fourth-order valence-corrected chi connectivity index (χ4v) is 4.06. The Morgan fingerprint density at radius 1 is 1.21 bits per heavy atom. The van der Waals surface area contributed by atoms with E-state index < -0.39 is 30.6 Å². The summed E-state index contributed by atoms with van der Waals surface area (Å²) < 4.78 is 53.2. The van der Waals surface area contributed by atoms with Crippen molar-refractivity contribution in [1.29, 1.82) is 0 Å². The highest BCUT2D eigenvalue weighted by molar-refractivity contribution is 6.36. The van der Waals surface area contributed by atoms with Crippen molar-refractivity contribution in [2.75, 3.05) is 24.9 Å². The maximum absolute atomic E-state index is 14.0. The zero-order valence-corrected chi connectivity index (χ0v) is 18.7. The van der Waals surface area contributed by atoms with E-state index in [4.69, 9.17) is 21.1 Å². The average Bonchev–Trinajstić information content (AvgIpc) is 3.13. The van der Waals surface area contributed by atoms with Crippen LogP contribution in [0, 0.1) is 0 Å². The van der Waals surface area contributed by atoms with E-state index in [1.807, 2.05) is 0 Å². The Morgan fingerprint density at radius 3 is 2.59 bits per heavy atom. The van der Waals surface area contributed by atoms with Crippen LogP contribution in [0.15, 0.2) is 42.5 Å². The summed E-state index contributed by atoms with van der Waals surface area (Å²) in [6.45, 7) is 0. The number of nitrogens with one attached hydrogen (secondary N) is 2. The van der Waals surface area contributed by atoms with Gasteiger partial charge in [-0.3, -0.25) is 4.79 Å². The van der Waals surface area contributed by atoms with E-state index in [9.17, 15) is 23.1 Å². The third kappa shape index (κ3) is 4.43. The molecule has 2 aromatic carbocycles. The van der Waals surface area contributed by atoms with Crippen molar-refractivity contribution in [1.82, 2.24) is 9.78 Å². The van der Waals surface area contributed by atoms with Crippen LogP contribution in [0.1, 0.15) is 34.6 Å². The molecular formula is C22H20ClF3N4O4. The molecule has 0 aliphatic carbocycles. The predicted molar refractivity (Wildman–Crippen MR) is 119 cm³/mol. The van der Waals surface area contributed by atoms with Crippen molar-refractivity contribution in [2.24, 2.45) is 0 Å². The third-order valence-electron chi connectivity index (χ3n) is 5.42. The van der Waals surface area contributed by atoms with E-state index in [0.717, 1.165) is 0 Å². The molecule has 34 heavy (non-hydrogen) atoms. The lowest BCUT2D eigenvalue weighted by molar-refractivity contribution is -0.173. The predicted octanol–water partition coefficient (Wildman–Crippen LogP) is 5.17. The van der Waals surface area contributed by atoms with Gasteiger partial charge < -0.3 is 25.2 Å². The van der Waals surface area contributed by atoms with Gasteiger partial charge in [-0.2, -0.15) is 18.3 Å². The van der Waals surface area contributed by atoms with Crippen molar-refractivity contribution < 1.29 is 32.5 Å². The fourth-order valence-electron chi connectivity index (χ4n) is 3.80. The number of anilines is 2. The quantitative estimate of drug-likeness (QED) is 0.451. The SMILES string of the molecule is COc1ccc([C@@H]2C[C@H](C(F)(F)F)n3nc(C(=O)Nc4cccc(O)c4)c(Cl)c3N2)cc1OC. The number of methoxy groups -OCH3 is 2. The molecule has 0 unspecified atom stereocenters. The molecule has 2 atom stereocenters. The first-order valence-electron chi connectivity index (χ1n) is 10.1. The summed E-state index contributed by atoms with van der Waals surface area (Å²) in [6.07, 6.45) is -5.04. The number of fused-ring (bicyclic) bond motifs is 1. The van der Waals surface area contributed by atoms with Crippen molar-refractivity contribution in [3.05, 3.63) is 58.7 Å². The molecule has 1 aliphatic heterocycles. The molecule has 0 spiro atoms. The van der Waals surface area contributed by atoms with Crippen LogP contribution in [0.5, 0.6) is 17.2 Å². The van der Waals surface area contributed by atoms with E-state index >= 15 is 0 Å². The Morgan fingerprint density at radius 2 is 1.94 bits per heavy atom. The lowest BCUT2D eigenvalue weighted by Gasteiger charge is -2.33. The van der Waals surface area contributed by atoms with Gasteiger partial charge in [0.25, 0.3) is 5.91 Å². The first kappa shape index (κ1) is 23.6. The number of nitrogens with zero attached hydrogens (tertiary/aromatic N) is 2. The van der Waals surface area contributed by atoms with Gasteiger partial charge in [0.05, 0.1) is 20.3 Å². The molecule has 4 rings (SSSR count). The van der Waals surface area contributed by atoms with Crippen LogP contribution in [0.2, 0.25) is 5.02 Å². The van der Waals surface area contributed by atoms with Gasteiger partial charge in [-0.1, -0.05) is 23.7 Å². The van der Waals surface area contributed by atoms with Crippen LogP contribution < -0.4 is 20.1 Å². The van der Waals surface area contributed by atoms with Gasteiger partial charge in [-0.05, 0) is 29.8 Å². The van der Waals surface area contributed by atoms with Gasteiger partial charge in [0, 0.05) is 18.2 Å². The van der Waals surface area contributed by atoms with Crippen LogP contribution in [0.3, 0.4) is 0 Å². The van der Waals surface area contributed by atoms with Gasteiger partial charge in [0.1, 0.15) is 16.6 Å². The number of rotatable bonds is 5. The molecular weight excluding hydrogens is 477 g/mol. The lowest BCUT2D eigenvalue weighted by atomic mass is 9.96. The molecule has 180 valence electrons. The Bertz CT molecular complexity index is 1230. The van der Waals surface area contributed by atoms with E-state index in [1.54, 1.807) is 18.2 Å². The minimum Gasteiger partial charge on any atom is -0.508 e. The Hall–Kier alpha value is -3.60. The molecule has 1 aromatic heterocycles. The fraction of sp³-hybridized carbons (Fsp3) is 0.273. The number of alkyl halides is 3. The molecule has 1 amide bonds. The zero-order valence-electron chi connectivity index (χ0n) is 18.0. The molecule has 1 aliphatic rings. The highest BCUT2D eigenvalue weighted by atomic mass is 35.5. The lowest BCUT2D eigenvalue weighted by Crippen LogP contribution is -2.35. The molecule has 3 N–H and O–H groups in total. The number of aromatic hydroxyl groups is 1. The number of phenolic OH excluding ortho intramolecular Hbond substituents is 1. The standard InChI is InChI=1S/C22H20ClF3N4O4/c1-33-15-7-6-11(8-16(15)34-2)14-10-17(22(24,25)26)30-20(28-14)18(23)19(29-30)21(32)27-12-4-3-5-13(31)9-12/h3-9,14,17,28,31H,10H2,1-2H3,(H,27,32)/t14-,17+/m0/s1. The van der Waals surface area contributed by atoms with Gasteiger partial charge in [-0.25, -0.2) is 4.68 Å². The van der Waals surface area contributed by atoms with Crippen molar-refractivity contribution in [3.63, 3.8) is 0 Å². The summed E-state index contributed by atoms with van der Waals surface area (Å²) in [5.41, 5.74) is 0.367. The summed E-state index contributed by atoms with van der Waals surface area (Å²) in [7, 11) is 2.88. The Kier molecular flexibility index (Phi) is 6.22. The van der Waals surface area contributed by atoms with Crippen LogP contribution in [0.4, 0.5) is 24.7 Å². The van der Waals surface area contributed by atoms with Crippen LogP contribution in [-0.4, -0.2) is 41.2 Å². The number of amides is 1. The summed E-state index contributed by atoms with van der Waals surface area (Å²) >= 11 is 6.34. The zero-order chi connectivity index (χ0) is 24.6. The summed E-state index contributed by atoms with van der Waals surface area (Å²) in [5.74, 6) is -0.242. The number of halogens is 4. The maximum atomic E-state index is 14.0. The number of phenols is 1. The number of aromatic nitrogens is 2. The second kappa shape index (κ2) is 8.98. The summed E-state index contributed by atoms with van der Waals surface area (Å²) in [4.78, 5) is 12.7. The summed E-state index contributed by atoms with van der Waals surface area (Å²) in [6, 6.07) is 7.68. The normalized spacial score (nSPS) is 17.5. The second-order valence-corrected chi connectivity index (χ2v) is 7.94. The molecule has 2 heterocycles. The average molecular weight is 497 g/mol. The molecule has 0 radical (unpaired) electrons. The van der Waals surface area contributed by atoms with Gasteiger partial charge in [0.2, 0.25) is 0 Å². The van der Waals surface area contributed by atoms with E-state index in [-0.39, 0.29) is 28.0 Å². The van der Waals surface area contributed by atoms with Crippen molar-refractivity contribution in [2.45, 2.75) is 24.7 Å². The third-order valence-corrected chi connectivity index (χ3v) is 5.78. The monoisotopic (exact) mass is 496 g/mol. The first-order chi connectivity index (χ1) is 16.1. The highest BCUT2D eigenvalue weighted by Gasteiger charge is 2.48. The number of carbonyl (C=O) groups is 1. The maximum Gasteiger partial charge on any atom is 0.410 e. The number of benzene rings is 2. The second-order valence-electron chi connectivity index (χ2n) is 7.56. The van der Waals surface area contributed by atoms with Gasteiger partial charge in [0.15, 0.2) is 23.2 Å². The minimum atomic E-state index is -4.65. The highest BCUT2D eigenvalue weighted by Crippen LogP contribution is 2.47. The van der Waals surface area contributed by atoms with Gasteiger partial charge in [-0.15, -0.1) is 0 Å². The van der Waals surface area contributed by atoms with E-state index in [0.29, 0.717) is 21.7 Å². The molecule has 0 fully saturated rings. The van der Waals surface area contributed by atoms with Crippen LogP contribution in [-0.2, 0) is 0 Å². The van der Waals surface area contributed by atoms with Crippen molar-refractivity contribution in [3.8, 4) is 17.2 Å². The number of hydrogen-bond donors (Lipinski definition) is 3. The largest absolute Gasteiger partial charge is 0.508 e.